The Morgan fingerprint density at radius 3 is 2.90 bits per heavy atom. The summed E-state index contributed by atoms with van der Waals surface area (Å²) in [5, 5.41) is 9.07. The molecule has 0 fully saturated rings. The van der Waals surface area contributed by atoms with Gasteiger partial charge >= 0.3 is 0 Å². The maximum Gasteiger partial charge on any atom is 0.192 e. The first kappa shape index (κ1) is 13.3. The van der Waals surface area contributed by atoms with Gasteiger partial charge in [0.15, 0.2) is 11.5 Å². The Morgan fingerprint density at radius 1 is 1.35 bits per heavy atom. The van der Waals surface area contributed by atoms with E-state index >= 15 is 0 Å². The van der Waals surface area contributed by atoms with Crippen LogP contribution in [0.2, 0.25) is 0 Å². The molecule has 0 aliphatic heterocycles. The molecule has 6 heteroatoms. The second-order valence-electron chi connectivity index (χ2n) is 4.62. The van der Waals surface area contributed by atoms with E-state index in [0.717, 1.165) is 32.8 Å². The first-order valence-electron chi connectivity index (χ1n) is 6.29. The van der Waals surface area contributed by atoms with Gasteiger partial charge in [-0.05, 0) is 34.1 Å². The molecule has 104 valence electrons. The largest absolute Gasteiger partial charge is 0.441 e. The lowest BCUT2D eigenvalue weighted by molar-refractivity contribution is 0.295. The third-order valence-corrected chi connectivity index (χ3v) is 4.13. The fourth-order valence-electron chi connectivity index (χ4n) is 2.22. The van der Waals surface area contributed by atoms with Crippen LogP contribution in [-0.2, 0) is 13.5 Å². The number of aliphatic hydroxyl groups excluding tert-OH is 1. The summed E-state index contributed by atoms with van der Waals surface area (Å²) < 4.78 is 8.30. The Morgan fingerprint density at radius 2 is 2.15 bits per heavy atom. The Labute approximate surface area is 124 Å². The molecule has 0 bridgehead atoms. The highest BCUT2D eigenvalue weighted by atomic mass is 79.9. The van der Waals surface area contributed by atoms with Gasteiger partial charge in [0.2, 0.25) is 0 Å². The van der Waals surface area contributed by atoms with Crippen molar-refractivity contribution < 1.29 is 9.52 Å². The topological polar surface area (TPSA) is 64.1 Å². The highest BCUT2D eigenvalue weighted by molar-refractivity contribution is 9.10. The van der Waals surface area contributed by atoms with Crippen molar-refractivity contribution in [3.63, 3.8) is 0 Å². The molecule has 5 nitrogen and oxygen atoms in total. The second-order valence-corrected chi connectivity index (χ2v) is 5.37. The summed E-state index contributed by atoms with van der Waals surface area (Å²) in [5.41, 5.74) is 3.41. The zero-order valence-corrected chi connectivity index (χ0v) is 12.8. The molecule has 0 saturated heterocycles. The zero-order chi connectivity index (χ0) is 14.3. The lowest BCUT2D eigenvalue weighted by Gasteiger charge is -1.99. The van der Waals surface area contributed by atoms with E-state index in [1.165, 1.54) is 0 Å². The van der Waals surface area contributed by atoms with Crippen molar-refractivity contribution in [3.05, 3.63) is 34.5 Å². The number of aromatic nitrogens is 3. The van der Waals surface area contributed by atoms with Crippen molar-refractivity contribution in [2.75, 3.05) is 6.61 Å². The number of imidazole rings is 1. The van der Waals surface area contributed by atoms with E-state index < -0.39 is 0 Å². The quantitative estimate of drug-likeness (QED) is 0.799. The summed E-state index contributed by atoms with van der Waals surface area (Å²) in [7, 11) is 1.92. The summed E-state index contributed by atoms with van der Waals surface area (Å²) >= 11 is 3.55. The van der Waals surface area contributed by atoms with Gasteiger partial charge in [-0.2, -0.15) is 0 Å². The third-order valence-electron chi connectivity index (χ3n) is 3.22. The summed E-state index contributed by atoms with van der Waals surface area (Å²) in [6.07, 6.45) is 0.528. The zero-order valence-electron chi connectivity index (χ0n) is 11.2. The highest BCUT2D eigenvalue weighted by Gasteiger charge is 2.15. The van der Waals surface area contributed by atoms with Crippen molar-refractivity contribution in [2.45, 2.75) is 13.3 Å². The lowest BCUT2D eigenvalue weighted by atomic mass is 10.1. The maximum atomic E-state index is 9.07. The molecule has 0 saturated carbocycles. The minimum absolute atomic E-state index is 0.0816. The number of fused-ring (bicyclic) bond motifs is 1. The molecule has 0 aliphatic carbocycles. The van der Waals surface area contributed by atoms with Crippen LogP contribution < -0.4 is 0 Å². The number of halogens is 1. The number of nitrogens with zero attached hydrogens (tertiary/aromatic N) is 3. The lowest BCUT2D eigenvalue weighted by Crippen LogP contribution is -2.00. The molecule has 0 aliphatic rings. The van der Waals surface area contributed by atoms with E-state index in [2.05, 4.69) is 25.9 Å². The number of aryl methyl sites for hydroxylation is 1. The normalized spacial score (nSPS) is 11.4. The number of hydrogen-bond donors (Lipinski definition) is 1. The molecule has 3 rings (SSSR count). The molecule has 2 aromatic heterocycles. The number of oxazole rings is 1. The van der Waals surface area contributed by atoms with Crippen LogP contribution in [-0.4, -0.2) is 26.2 Å². The van der Waals surface area contributed by atoms with Crippen molar-refractivity contribution in [2.24, 2.45) is 7.05 Å². The number of rotatable bonds is 3. The molecule has 20 heavy (non-hydrogen) atoms. The molecule has 0 unspecified atom stereocenters. The van der Waals surface area contributed by atoms with Crippen molar-refractivity contribution in [1.82, 2.24) is 14.5 Å². The summed E-state index contributed by atoms with van der Waals surface area (Å²) in [5.74, 6) is 1.49. The van der Waals surface area contributed by atoms with Gasteiger partial charge in [-0.15, -0.1) is 0 Å². The standard InChI is InChI=1S/C14H14BrN3O2/c1-8-16-10-7-9(3-4-11(10)20-8)13-14(15)18(2)12(17-13)5-6-19/h3-4,7,19H,5-6H2,1-2H3. The van der Waals surface area contributed by atoms with Gasteiger partial charge < -0.3 is 14.1 Å². The molecule has 1 aromatic carbocycles. The van der Waals surface area contributed by atoms with Crippen LogP contribution in [0.15, 0.2) is 27.2 Å². The minimum atomic E-state index is 0.0816. The highest BCUT2D eigenvalue weighted by Crippen LogP contribution is 2.30. The van der Waals surface area contributed by atoms with E-state index in [4.69, 9.17) is 9.52 Å². The monoisotopic (exact) mass is 335 g/mol. The van der Waals surface area contributed by atoms with Crippen LogP contribution in [0, 0.1) is 6.92 Å². The first-order valence-corrected chi connectivity index (χ1v) is 7.09. The van der Waals surface area contributed by atoms with Gasteiger partial charge in [0.25, 0.3) is 0 Å². The van der Waals surface area contributed by atoms with Gasteiger partial charge in [-0.3, -0.25) is 0 Å². The molecular weight excluding hydrogens is 322 g/mol. The fraction of sp³-hybridized carbons (Fsp3) is 0.286. The van der Waals surface area contributed by atoms with Crippen molar-refractivity contribution in [3.8, 4) is 11.3 Å². The summed E-state index contributed by atoms with van der Waals surface area (Å²) in [6.45, 7) is 1.91. The smallest absolute Gasteiger partial charge is 0.192 e. The van der Waals surface area contributed by atoms with E-state index in [1.54, 1.807) is 0 Å². The van der Waals surface area contributed by atoms with Crippen LogP contribution in [0.4, 0.5) is 0 Å². The van der Waals surface area contributed by atoms with E-state index in [9.17, 15) is 0 Å². The molecule has 1 N–H and O–H groups in total. The predicted molar refractivity (Wildman–Crippen MR) is 79.4 cm³/mol. The van der Waals surface area contributed by atoms with Crippen molar-refractivity contribution >= 4 is 27.0 Å². The van der Waals surface area contributed by atoms with Crippen LogP contribution in [0.1, 0.15) is 11.7 Å². The molecule has 0 spiro atoms. The number of aliphatic hydroxyl groups is 1. The average molecular weight is 336 g/mol. The minimum Gasteiger partial charge on any atom is -0.441 e. The Bertz CT molecular complexity index is 776. The predicted octanol–water partition coefficient (Wildman–Crippen LogP) is 2.83. The van der Waals surface area contributed by atoms with Gasteiger partial charge in [0, 0.05) is 26.0 Å². The Hall–Kier alpha value is -1.66. The van der Waals surface area contributed by atoms with Crippen LogP contribution in [0.3, 0.4) is 0 Å². The third kappa shape index (κ3) is 2.14. The summed E-state index contributed by atoms with van der Waals surface area (Å²) in [4.78, 5) is 8.92. The molecule has 0 amide bonds. The molecule has 0 radical (unpaired) electrons. The Balaban J connectivity index is 2.12. The van der Waals surface area contributed by atoms with Gasteiger partial charge in [0.1, 0.15) is 21.6 Å². The van der Waals surface area contributed by atoms with Crippen molar-refractivity contribution in [1.29, 1.82) is 0 Å². The molecule has 0 atom stereocenters. The Kier molecular flexibility index (Phi) is 3.35. The molecular formula is C14H14BrN3O2. The van der Waals surface area contributed by atoms with E-state index in [-0.39, 0.29) is 6.61 Å². The van der Waals surface area contributed by atoms with Gasteiger partial charge in [-0.25, -0.2) is 9.97 Å². The van der Waals surface area contributed by atoms with Crippen LogP contribution in [0.5, 0.6) is 0 Å². The second kappa shape index (κ2) is 5.03. The van der Waals surface area contributed by atoms with Crippen LogP contribution in [0.25, 0.3) is 22.4 Å². The van der Waals surface area contributed by atoms with E-state index in [1.807, 2.05) is 36.7 Å². The fourth-order valence-corrected chi connectivity index (χ4v) is 2.74. The maximum absolute atomic E-state index is 9.07. The molecule has 2 heterocycles. The first-order chi connectivity index (χ1) is 9.60. The summed E-state index contributed by atoms with van der Waals surface area (Å²) in [6, 6.07) is 5.82. The average Bonchev–Trinajstić information content (AvgIpc) is 2.92. The number of benzene rings is 1. The SMILES string of the molecule is Cc1nc2cc(-c3nc(CCO)n(C)c3Br)ccc2o1. The van der Waals surface area contributed by atoms with E-state index in [0.29, 0.717) is 12.3 Å². The molecule has 3 aromatic rings. The van der Waals surface area contributed by atoms with Crippen LogP contribution >= 0.6 is 15.9 Å². The number of hydrogen-bond acceptors (Lipinski definition) is 4. The van der Waals surface area contributed by atoms with Gasteiger partial charge in [0.05, 0.1) is 6.61 Å². The van der Waals surface area contributed by atoms with Gasteiger partial charge in [-0.1, -0.05) is 0 Å².